The Bertz CT molecular complexity index is 626. The Morgan fingerprint density at radius 1 is 1.25 bits per heavy atom. The van der Waals surface area contributed by atoms with Gasteiger partial charge < -0.3 is 4.74 Å². The number of benzene rings is 2. The summed E-state index contributed by atoms with van der Waals surface area (Å²) in [4.78, 5) is 11.1. The summed E-state index contributed by atoms with van der Waals surface area (Å²) < 4.78 is 19.1. The van der Waals surface area contributed by atoms with Crippen molar-refractivity contribution in [3.05, 3.63) is 52.8 Å². The molecule has 0 unspecified atom stereocenters. The Kier molecular flexibility index (Phi) is 4.74. The molecule has 4 heteroatoms. The zero-order valence-corrected chi connectivity index (χ0v) is 11.8. The molecule has 0 radical (unpaired) electrons. The number of carbonyl (C=O) groups excluding carboxylic acids is 1. The van der Waals surface area contributed by atoms with Gasteiger partial charge >= 0.3 is 0 Å². The number of hydrogen-bond acceptors (Lipinski definition) is 2. The number of carbonyl (C=O) groups is 1. The van der Waals surface area contributed by atoms with E-state index in [2.05, 4.69) is 0 Å². The summed E-state index contributed by atoms with van der Waals surface area (Å²) in [5.41, 5.74) is 1.70. The molecule has 0 aliphatic rings. The van der Waals surface area contributed by atoms with Gasteiger partial charge in [-0.15, -0.1) is 0 Å². The highest BCUT2D eigenvalue weighted by Gasteiger charge is 2.09. The monoisotopic (exact) mass is 292 g/mol. The molecule has 0 saturated carbocycles. The summed E-state index contributed by atoms with van der Waals surface area (Å²) >= 11 is 5.67. The third kappa shape index (κ3) is 3.17. The Morgan fingerprint density at radius 2 is 2.05 bits per heavy atom. The molecule has 2 nitrogen and oxygen atoms in total. The number of hydrogen-bond donors (Lipinski definition) is 0. The first kappa shape index (κ1) is 14.5. The highest BCUT2D eigenvalue weighted by atomic mass is 35.5. The maximum atomic E-state index is 13.6. The molecule has 2 aromatic rings. The van der Waals surface area contributed by atoms with Crippen molar-refractivity contribution in [1.29, 1.82) is 0 Å². The zero-order chi connectivity index (χ0) is 14.5. The predicted octanol–water partition coefficient (Wildman–Crippen LogP) is 4.75. The highest BCUT2D eigenvalue weighted by molar-refractivity contribution is 6.30. The fourth-order valence-corrected chi connectivity index (χ4v) is 1.98. The van der Waals surface area contributed by atoms with Gasteiger partial charge in [-0.05, 0) is 47.9 Å². The third-order valence-electron chi connectivity index (χ3n) is 2.86. The van der Waals surface area contributed by atoms with Crippen LogP contribution in [0, 0.1) is 5.82 Å². The maximum Gasteiger partial charge on any atom is 0.150 e. The summed E-state index contributed by atoms with van der Waals surface area (Å²) in [5.74, 6) is 0.142. The Balaban J connectivity index is 2.46. The fourth-order valence-electron chi connectivity index (χ4n) is 1.86. The standard InChI is InChI=1S/C16H14ClFO2/c1-2-7-20-13-5-3-12(10-19)14(9-13)11-4-6-15(17)16(18)8-11/h3-6,8-10H,2,7H2,1H3. The van der Waals surface area contributed by atoms with Crippen molar-refractivity contribution in [2.75, 3.05) is 6.61 Å². The van der Waals surface area contributed by atoms with Crippen molar-refractivity contribution in [3.63, 3.8) is 0 Å². The predicted molar refractivity (Wildman–Crippen MR) is 78.0 cm³/mol. The van der Waals surface area contributed by atoms with Gasteiger partial charge in [-0.25, -0.2) is 4.39 Å². The Hall–Kier alpha value is -1.87. The van der Waals surface area contributed by atoms with Crippen molar-refractivity contribution in [2.24, 2.45) is 0 Å². The number of halogens is 2. The second kappa shape index (κ2) is 6.53. The van der Waals surface area contributed by atoms with E-state index >= 15 is 0 Å². The average molecular weight is 293 g/mol. The van der Waals surface area contributed by atoms with Crippen LogP contribution in [0.2, 0.25) is 5.02 Å². The number of rotatable bonds is 5. The second-order valence-electron chi connectivity index (χ2n) is 4.34. The van der Waals surface area contributed by atoms with E-state index < -0.39 is 5.82 Å². The topological polar surface area (TPSA) is 26.3 Å². The summed E-state index contributed by atoms with van der Waals surface area (Å²) in [6, 6.07) is 9.60. The molecule has 0 heterocycles. The largest absolute Gasteiger partial charge is 0.494 e. The molecule has 0 fully saturated rings. The van der Waals surface area contributed by atoms with E-state index in [1.54, 1.807) is 24.3 Å². The lowest BCUT2D eigenvalue weighted by molar-refractivity contribution is 0.112. The molecular formula is C16H14ClFO2. The van der Waals surface area contributed by atoms with Gasteiger partial charge in [0, 0.05) is 5.56 Å². The van der Waals surface area contributed by atoms with Gasteiger partial charge in [-0.1, -0.05) is 24.6 Å². The molecule has 2 rings (SSSR count). The molecule has 0 aliphatic carbocycles. The zero-order valence-electron chi connectivity index (χ0n) is 11.0. The summed E-state index contributed by atoms with van der Waals surface area (Å²) in [5, 5.41) is 0.0554. The molecule has 104 valence electrons. The van der Waals surface area contributed by atoms with E-state index in [1.807, 2.05) is 6.92 Å². The first-order chi connectivity index (χ1) is 9.65. The lowest BCUT2D eigenvalue weighted by Gasteiger charge is -2.10. The quantitative estimate of drug-likeness (QED) is 0.744. The number of aldehydes is 1. The molecule has 2 aromatic carbocycles. The van der Waals surface area contributed by atoms with Crippen LogP contribution >= 0.6 is 11.6 Å². The van der Waals surface area contributed by atoms with Crippen LogP contribution in [0.4, 0.5) is 4.39 Å². The van der Waals surface area contributed by atoms with Gasteiger partial charge in [-0.2, -0.15) is 0 Å². The molecular weight excluding hydrogens is 279 g/mol. The fraction of sp³-hybridized carbons (Fsp3) is 0.188. The minimum atomic E-state index is -0.513. The van der Waals surface area contributed by atoms with Crippen LogP contribution in [0.1, 0.15) is 23.7 Å². The summed E-state index contributed by atoms with van der Waals surface area (Å²) in [6.07, 6.45) is 1.63. The highest BCUT2D eigenvalue weighted by Crippen LogP contribution is 2.29. The Morgan fingerprint density at radius 3 is 2.70 bits per heavy atom. The molecule has 0 aliphatic heterocycles. The van der Waals surface area contributed by atoms with E-state index in [4.69, 9.17) is 16.3 Å². The van der Waals surface area contributed by atoms with Crippen LogP contribution in [0.15, 0.2) is 36.4 Å². The van der Waals surface area contributed by atoms with Crippen molar-refractivity contribution < 1.29 is 13.9 Å². The smallest absolute Gasteiger partial charge is 0.150 e. The van der Waals surface area contributed by atoms with Gasteiger partial charge in [0.05, 0.1) is 11.6 Å². The van der Waals surface area contributed by atoms with Gasteiger partial charge in [-0.3, -0.25) is 4.79 Å². The summed E-state index contributed by atoms with van der Waals surface area (Å²) in [6.45, 7) is 2.60. The van der Waals surface area contributed by atoms with E-state index in [1.165, 1.54) is 12.1 Å². The normalized spacial score (nSPS) is 10.3. The molecule has 0 amide bonds. The van der Waals surface area contributed by atoms with Gasteiger partial charge in [0.15, 0.2) is 6.29 Å². The lowest BCUT2D eigenvalue weighted by Crippen LogP contribution is -1.96. The molecule has 0 N–H and O–H groups in total. The first-order valence-electron chi connectivity index (χ1n) is 6.33. The van der Waals surface area contributed by atoms with Gasteiger partial charge in [0.1, 0.15) is 11.6 Å². The van der Waals surface area contributed by atoms with Crippen LogP contribution in [0.5, 0.6) is 5.75 Å². The molecule has 0 atom stereocenters. The molecule has 0 saturated heterocycles. The van der Waals surface area contributed by atoms with E-state index in [0.717, 1.165) is 12.7 Å². The van der Waals surface area contributed by atoms with Crippen LogP contribution in [-0.2, 0) is 0 Å². The van der Waals surface area contributed by atoms with Crippen molar-refractivity contribution in [3.8, 4) is 16.9 Å². The molecule has 20 heavy (non-hydrogen) atoms. The maximum absolute atomic E-state index is 13.6. The van der Waals surface area contributed by atoms with Crippen molar-refractivity contribution >= 4 is 17.9 Å². The van der Waals surface area contributed by atoms with Crippen LogP contribution in [0.3, 0.4) is 0 Å². The van der Waals surface area contributed by atoms with Gasteiger partial charge in [0.2, 0.25) is 0 Å². The average Bonchev–Trinajstić information content (AvgIpc) is 2.47. The van der Waals surface area contributed by atoms with E-state index in [9.17, 15) is 9.18 Å². The lowest BCUT2D eigenvalue weighted by atomic mass is 10.00. The van der Waals surface area contributed by atoms with Crippen LogP contribution in [0.25, 0.3) is 11.1 Å². The molecule has 0 aromatic heterocycles. The summed E-state index contributed by atoms with van der Waals surface area (Å²) in [7, 11) is 0. The van der Waals surface area contributed by atoms with Crippen molar-refractivity contribution in [1.82, 2.24) is 0 Å². The first-order valence-corrected chi connectivity index (χ1v) is 6.71. The molecule has 0 bridgehead atoms. The number of ether oxygens (including phenoxy) is 1. The van der Waals surface area contributed by atoms with Crippen LogP contribution in [-0.4, -0.2) is 12.9 Å². The van der Waals surface area contributed by atoms with E-state index in [0.29, 0.717) is 29.0 Å². The molecule has 0 spiro atoms. The van der Waals surface area contributed by atoms with E-state index in [-0.39, 0.29) is 5.02 Å². The van der Waals surface area contributed by atoms with Gasteiger partial charge in [0.25, 0.3) is 0 Å². The third-order valence-corrected chi connectivity index (χ3v) is 3.16. The minimum absolute atomic E-state index is 0.0554. The minimum Gasteiger partial charge on any atom is -0.494 e. The SMILES string of the molecule is CCCOc1ccc(C=O)c(-c2ccc(Cl)c(F)c2)c1. The van der Waals surface area contributed by atoms with Crippen molar-refractivity contribution in [2.45, 2.75) is 13.3 Å². The second-order valence-corrected chi connectivity index (χ2v) is 4.75. The van der Waals surface area contributed by atoms with Crippen LogP contribution < -0.4 is 4.74 Å². The Labute approximate surface area is 122 Å².